The third kappa shape index (κ3) is 5.23. The zero-order chi connectivity index (χ0) is 14.4. The molecule has 1 aliphatic rings. The first-order valence-corrected chi connectivity index (χ1v) is 6.18. The summed E-state index contributed by atoms with van der Waals surface area (Å²) >= 11 is 0. The molecule has 0 bridgehead atoms. The van der Waals surface area contributed by atoms with Gasteiger partial charge in [0.15, 0.2) is 0 Å². The van der Waals surface area contributed by atoms with Gasteiger partial charge in [-0.25, -0.2) is 4.79 Å². The smallest absolute Gasteiger partial charge is 0.320 e. The topological polar surface area (TPSA) is 116 Å². The molecule has 4 N–H and O–H groups in total. The summed E-state index contributed by atoms with van der Waals surface area (Å²) in [6.07, 6.45) is 0.206. The molecule has 1 fully saturated rings. The van der Waals surface area contributed by atoms with E-state index in [0.29, 0.717) is 32.7 Å². The van der Waals surface area contributed by atoms with Gasteiger partial charge in [-0.3, -0.25) is 19.8 Å². The number of aliphatic carboxylic acids is 1. The number of imide groups is 1. The van der Waals surface area contributed by atoms with Gasteiger partial charge >= 0.3 is 12.0 Å². The zero-order valence-corrected chi connectivity index (χ0v) is 11.0. The number of carboxylic acid groups (broad SMARTS) is 1. The number of primary amides is 1. The van der Waals surface area contributed by atoms with Crippen molar-refractivity contribution in [2.24, 2.45) is 5.73 Å². The summed E-state index contributed by atoms with van der Waals surface area (Å²) in [7, 11) is 0. The highest BCUT2D eigenvalue weighted by Gasteiger charge is 2.25. The highest BCUT2D eigenvalue weighted by molar-refractivity contribution is 5.93. The average Bonchev–Trinajstić information content (AvgIpc) is 2.35. The van der Waals surface area contributed by atoms with E-state index in [1.807, 2.05) is 10.2 Å². The Hall–Kier alpha value is -1.67. The summed E-state index contributed by atoms with van der Waals surface area (Å²) in [5, 5.41) is 10.9. The molecule has 8 heteroatoms. The van der Waals surface area contributed by atoms with Crippen molar-refractivity contribution in [2.75, 3.05) is 32.7 Å². The fourth-order valence-corrected chi connectivity index (χ4v) is 1.99. The summed E-state index contributed by atoms with van der Waals surface area (Å²) in [5.74, 6) is -1.22. The van der Waals surface area contributed by atoms with Crippen LogP contribution < -0.4 is 11.1 Å². The molecule has 1 saturated heterocycles. The van der Waals surface area contributed by atoms with Crippen LogP contribution in [0.15, 0.2) is 0 Å². The van der Waals surface area contributed by atoms with Crippen LogP contribution in [0.25, 0.3) is 0 Å². The van der Waals surface area contributed by atoms with Crippen LogP contribution in [0.1, 0.15) is 13.3 Å². The molecular formula is C11H20N4O4. The molecule has 1 rings (SSSR count). The van der Waals surface area contributed by atoms with Gasteiger partial charge in [-0.1, -0.05) is 0 Å². The maximum Gasteiger partial charge on any atom is 0.320 e. The average molecular weight is 272 g/mol. The van der Waals surface area contributed by atoms with Crippen LogP contribution in [0.2, 0.25) is 0 Å². The molecule has 0 saturated carbocycles. The van der Waals surface area contributed by atoms with Gasteiger partial charge in [-0.2, -0.15) is 0 Å². The van der Waals surface area contributed by atoms with Gasteiger partial charge in [0, 0.05) is 39.1 Å². The lowest BCUT2D eigenvalue weighted by Crippen LogP contribution is -2.52. The van der Waals surface area contributed by atoms with Crippen LogP contribution in [0.4, 0.5) is 4.79 Å². The second kappa shape index (κ2) is 7.05. The molecule has 1 heterocycles. The van der Waals surface area contributed by atoms with Crippen LogP contribution in [0, 0.1) is 0 Å². The van der Waals surface area contributed by atoms with Crippen molar-refractivity contribution in [3.05, 3.63) is 0 Å². The van der Waals surface area contributed by atoms with Crippen molar-refractivity contribution in [3.63, 3.8) is 0 Å². The predicted octanol–water partition coefficient (Wildman–Crippen LogP) is -1.34. The molecule has 0 aromatic rings. The Bertz CT molecular complexity index is 353. The number of hydrogen-bond donors (Lipinski definition) is 3. The van der Waals surface area contributed by atoms with E-state index < -0.39 is 23.9 Å². The molecule has 1 unspecified atom stereocenters. The highest BCUT2D eigenvalue weighted by atomic mass is 16.4. The van der Waals surface area contributed by atoms with E-state index in [4.69, 9.17) is 10.8 Å². The van der Waals surface area contributed by atoms with E-state index in [1.165, 1.54) is 0 Å². The molecule has 108 valence electrons. The van der Waals surface area contributed by atoms with Gasteiger partial charge in [0.1, 0.15) is 6.04 Å². The molecule has 0 aromatic heterocycles. The third-order valence-corrected chi connectivity index (χ3v) is 3.23. The number of carboxylic acids is 1. The van der Waals surface area contributed by atoms with E-state index in [0.717, 1.165) is 0 Å². The molecule has 3 amide bonds. The van der Waals surface area contributed by atoms with Crippen molar-refractivity contribution in [1.82, 2.24) is 15.1 Å². The quantitative estimate of drug-likeness (QED) is 0.570. The van der Waals surface area contributed by atoms with E-state index in [1.54, 1.807) is 6.92 Å². The maximum atomic E-state index is 11.2. The van der Waals surface area contributed by atoms with E-state index in [9.17, 15) is 14.4 Å². The minimum Gasteiger partial charge on any atom is -0.480 e. The molecular weight excluding hydrogens is 252 g/mol. The van der Waals surface area contributed by atoms with Gasteiger partial charge in [0.05, 0.1) is 0 Å². The highest BCUT2D eigenvalue weighted by Crippen LogP contribution is 2.06. The van der Waals surface area contributed by atoms with Crippen LogP contribution in [-0.2, 0) is 9.59 Å². The summed E-state index contributed by atoms with van der Waals surface area (Å²) in [4.78, 5) is 36.5. The predicted molar refractivity (Wildman–Crippen MR) is 67.5 cm³/mol. The molecule has 0 radical (unpaired) electrons. The number of urea groups is 1. The van der Waals surface area contributed by atoms with Gasteiger partial charge in [0.25, 0.3) is 0 Å². The van der Waals surface area contributed by atoms with Crippen molar-refractivity contribution < 1.29 is 19.5 Å². The van der Waals surface area contributed by atoms with Gasteiger partial charge in [-0.15, -0.1) is 0 Å². The minimum absolute atomic E-state index is 0.206. The van der Waals surface area contributed by atoms with E-state index in [-0.39, 0.29) is 6.42 Å². The number of nitrogens with one attached hydrogen (secondary N) is 1. The lowest BCUT2D eigenvalue weighted by molar-refractivity contribution is -0.143. The normalized spacial score (nSPS) is 18.8. The first-order chi connectivity index (χ1) is 8.90. The number of amides is 3. The van der Waals surface area contributed by atoms with Crippen LogP contribution >= 0.6 is 0 Å². The molecule has 19 heavy (non-hydrogen) atoms. The van der Waals surface area contributed by atoms with Gasteiger partial charge < -0.3 is 15.7 Å². The minimum atomic E-state index is -0.842. The monoisotopic (exact) mass is 272 g/mol. The SMILES string of the molecule is CC(C(=O)O)N1CCN(CCC(=O)NC(N)=O)CC1. The lowest BCUT2D eigenvalue weighted by atomic mass is 10.2. The van der Waals surface area contributed by atoms with Crippen molar-refractivity contribution in [3.8, 4) is 0 Å². The van der Waals surface area contributed by atoms with Gasteiger partial charge in [-0.05, 0) is 6.92 Å². The van der Waals surface area contributed by atoms with E-state index in [2.05, 4.69) is 4.90 Å². The Balaban J connectivity index is 2.25. The molecule has 1 atom stereocenters. The number of piperazine rings is 1. The Morgan fingerprint density at radius 3 is 2.32 bits per heavy atom. The molecule has 0 aromatic carbocycles. The lowest BCUT2D eigenvalue weighted by Gasteiger charge is -2.36. The summed E-state index contributed by atoms with van der Waals surface area (Å²) in [6, 6.07) is -1.33. The van der Waals surface area contributed by atoms with Crippen molar-refractivity contribution >= 4 is 17.9 Å². The Kier molecular flexibility index (Phi) is 5.71. The van der Waals surface area contributed by atoms with Crippen molar-refractivity contribution in [1.29, 1.82) is 0 Å². The first kappa shape index (κ1) is 15.4. The molecule has 1 aliphatic heterocycles. The van der Waals surface area contributed by atoms with Crippen LogP contribution in [-0.4, -0.2) is 71.6 Å². The second-order valence-electron chi connectivity index (χ2n) is 4.55. The number of hydrogen-bond acceptors (Lipinski definition) is 5. The number of rotatable bonds is 5. The Labute approximate surface area is 111 Å². The fourth-order valence-electron chi connectivity index (χ4n) is 1.99. The third-order valence-electron chi connectivity index (χ3n) is 3.23. The zero-order valence-electron chi connectivity index (χ0n) is 11.0. The maximum absolute atomic E-state index is 11.2. The number of carbonyl (C=O) groups excluding carboxylic acids is 2. The molecule has 8 nitrogen and oxygen atoms in total. The standard InChI is InChI=1S/C11H20N4O4/c1-8(10(17)18)15-6-4-14(5-7-15)3-2-9(16)13-11(12)19/h8H,2-7H2,1H3,(H,17,18)(H3,12,13,16,19). The van der Waals surface area contributed by atoms with Crippen molar-refractivity contribution in [2.45, 2.75) is 19.4 Å². The molecule has 0 aliphatic carbocycles. The van der Waals surface area contributed by atoms with Crippen LogP contribution in [0.3, 0.4) is 0 Å². The Morgan fingerprint density at radius 2 is 1.84 bits per heavy atom. The number of nitrogens with two attached hydrogens (primary N) is 1. The number of nitrogens with zero attached hydrogens (tertiary/aromatic N) is 2. The largest absolute Gasteiger partial charge is 0.480 e. The summed E-state index contributed by atoms with van der Waals surface area (Å²) < 4.78 is 0. The summed E-state index contributed by atoms with van der Waals surface area (Å²) in [6.45, 7) is 4.94. The molecule has 0 spiro atoms. The van der Waals surface area contributed by atoms with Gasteiger partial charge in [0.2, 0.25) is 5.91 Å². The van der Waals surface area contributed by atoms with E-state index >= 15 is 0 Å². The van der Waals surface area contributed by atoms with Crippen LogP contribution in [0.5, 0.6) is 0 Å². The first-order valence-electron chi connectivity index (χ1n) is 6.18. The second-order valence-corrected chi connectivity index (χ2v) is 4.55. The number of carbonyl (C=O) groups is 3. The Morgan fingerprint density at radius 1 is 1.26 bits per heavy atom. The fraction of sp³-hybridized carbons (Fsp3) is 0.727. The summed E-state index contributed by atoms with van der Waals surface area (Å²) in [5.41, 5.74) is 4.84.